The third kappa shape index (κ3) is 2.71. The van der Waals surface area contributed by atoms with Crippen molar-refractivity contribution in [1.82, 2.24) is 20.2 Å². The monoisotopic (exact) mass is 188 g/mol. The van der Waals surface area contributed by atoms with E-state index >= 15 is 0 Å². The van der Waals surface area contributed by atoms with Gasteiger partial charge in [0.1, 0.15) is 0 Å². The van der Waals surface area contributed by atoms with E-state index in [0.717, 1.165) is 0 Å². The number of hydrogen-bond donors (Lipinski definition) is 2. The first kappa shape index (κ1) is 9.34. The summed E-state index contributed by atoms with van der Waals surface area (Å²) in [6, 6.07) is 0. The molecule has 0 amide bonds. The molecule has 1 aromatic rings. The van der Waals surface area contributed by atoms with Gasteiger partial charge in [-0.15, -0.1) is 0 Å². The molecule has 0 bridgehead atoms. The summed E-state index contributed by atoms with van der Waals surface area (Å²) in [5.74, 6) is 0. The second-order valence-electron chi connectivity index (χ2n) is 3.30. The number of aliphatic hydroxyl groups is 1. The van der Waals surface area contributed by atoms with Crippen molar-refractivity contribution < 1.29 is 5.11 Å². The summed E-state index contributed by atoms with van der Waals surface area (Å²) < 4.78 is 2.03. The fourth-order valence-electron chi connectivity index (χ4n) is 0.747. The van der Waals surface area contributed by atoms with Gasteiger partial charge in [-0.05, 0) is 32.5 Å². The molecule has 0 aromatic carbocycles. The van der Waals surface area contributed by atoms with Gasteiger partial charge in [0.25, 0.3) is 0 Å². The fourth-order valence-corrected chi connectivity index (χ4v) is 0.920. The highest BCUT2D eigenvalue weighted by Crippen LogP contribution is 2.07. The van der Waals surface area contributed by atoms with Crippen LogP contribution in [-0.2, 0) is 6.54 Å². The summed E-state index contributed by atoms with van der Waals surface area (Å²) in [4.78, 5) is 0. The van der Waals surface area contributed by atoms with Crippen LogP contribution in [0.3, 0.4) is 0 Å². The zero-order valence-electron chi connectivity index (χ0n) is 7.11. The number of aromatic amines is 1. The van der Waals surface area contributed by atoms with Crippen LogP contribution >= 0.6 is 12.2 Å². The normalized spacial score (nSPS) is 11.9. The summed E-state index contributed by atoms with van der Waals surface area (Å²) >= 11 is 4.85. The number of aromatic nitrogens is 4. The maximum atomic E-state index is 9.41. The molecule has 0 atom stereocenters. The Hall–Kier alpha value is -0.750. The molecule has 1 aromatic heterocycles. The van der Waals surface area contributed by atoms with Crippen LogP contribution in [0, 0.1) is 4.77 Å². The lowest BCUT2D eigenvalue weighted by Gasteiger charge is -2.15. The Labute approximate surface area is 75.4 Å². The van der Waals surface area contributed by atoms with Gasteiger partial charge < -0.3 is 5.11 Å². The minimum absolute atomic E-state index is 0.416. The SMILES string of the molecule is CC(C)(O)CCn1[nH]nnc1=S. The van der Waals surface area contributed by atoms with Gasteiger partial charge in [-0.1, -0.05) is 10.3 Å². The van der Waals surface area contributed by atoms with Crippen molar-refractivity contribution in [3.8, 4) is 0 Å². The predicted molar refractivity (Wildman–Crippen MR) is 46.1 cm³/mol. The lowest BCUT2D eigenvalue weighted by molar-refractivity contribution is 0.0648. The Morgan fingerprint density at radius 3 is 2.75 bits per heavy atom. The topological polar surface area (TPSA) is 66.7 Å². The van der Waals surface area contributed by atoms with Crippen LogP contribution in [0.2, 0.25) is 0 Å². The molecule has 2 N–H and O–H groups in total. The van der Waals surface area contributed by atoms with Gasteiger partial charge in [-0.25, -0.2) is 4.68 Å². The van der Waals surface area contributed by atoms with E-state index in [2.05, 4.69) is 15.5 Å². The van der Waals surface area contributed by atoms with Crippen molar-refractivity contribution in [2.45, 2.75) is 32.4 Å². The number of aryl methyl sites for hydroxylation is 1. The first-order valence-corrected chi connectivity index (χ1v) is 4.10. The molecule has 0 radical (unpaired) electrons. The van der Waals surface area contributed by atoms with Gasteiger partial charge in [0.15, 0.2) is 0 Å². The first-order valence-electron chi connectivity index (χ1n) is 3.69. The maximum absolute atomic E-state index is 9.41. The van der Waals surface area contributed by atoms with Gasteiger partial charge in [0, 0.05) is 6.54 Å². The predicted octanol–water partition coefficient (Wildman–Crippen LogP) is 0.497. The second-order valence-corrected chi connectivity index (χ2v) is 3.66. The number of nitrogens with zero attached hydrogens (tertiary/aromatic N) is 3. The fraction of sp³-hybridized carbons (Fsp3) is 0.833. The van der Waals surface area contributed by atoms with Gasteiger partial charge >= 0.3 is 0 Å². The lowest BCUT2D eigenvalue weighted by atomic mass is 10.1. The molecule has 5 nitrogen and oxygen atoms in total. The number of hydrogen-bond acceptors (Lipinski definition) is 4. The smallest absolute Gasteiger partial charge is 0.238 e. The highest BCUT2D eigenvalue weighted by molar-refractivity contribution is 7.71. The maximum Gasteiger partial charge on any atom is 0.238 e. The second kappa shape index (κ2) is 3.32. The molecule has 0 aliphatic carbocycles. The highest BCUT2D eigenvalue weighted by atomic mass is 32.1. The zero-order valence-corrected chi connectivity index (χ0v) is 7.93. The largest absolute Gasteiger partial charge is 0.390 e. The van der Waals surface area contributed by atoms with Crippen LogP contribution < -0.4 is 0 Å². The number of H-pyrrole nitrogens is 1. The molecule has 12 heavy (non-hydrogen) atoms. The summed E-state index contributed by atoms with van der Waals surface area (Å²) in [5, 5.41) is 19.2. The van der Waals surface area contributed by atoms with Crippen molar-refractivity contribution in [3.05, 3.63) is 4.77 Å². The van der Waals surface area contributed by atoms with Crippen LogP contribution in [0.25, 0.3) is 0 Å². The van der Waals surface area contributed by atoms with Crippen molar-refractivity contribution in [1.29, 1.82) is 0 Å². The van der Waals surface area contributed by atoms with Crippen LogP contribution in [0.5, 0.6) is 0 Å². The van der Waals surface area contributed by atoms with Gasteiger partial charge in [0.05, 0.1) is 5.60 Å². The van der Waals surface area contributed by atoms with E-state index in [4.69, 9.17) is 12.2 Å². The van der Waals surface area contributed by atoms with Gasteiger partial charge in [-0.2, -0.15) is 5.21 Å². The van der Waals surface area contributed by atoms with Crippen LogP contribution in [0.15, 0.2) is 0 Å². The van der Waals surface area contributed by atoms with E-state index < -0.39 is 5.60 Å². The lowest BCUT2D eigenvalue weighted by Crippen LogP contribution is -2.21. The standard InChI is InChI=1S/C6H12N4OS/c1-6(2,11)3-4-10-5(12)7-8-9-10/h11H,3-4H2,1-2H3,(H,7,9,12). The molecule has 68 valence electrons. The minimum atomic E-state index is -0.681. The highest BCUT2D eigenvalue weighted by Gasteiger charge is 2.12. The van der Waals surface area contributed by atoms with Gasteiger partial charge in [0.2, 0.25) is 4.77 Å². The minimum Gasteiger partial charge on any atom is -0.390 e. The van der Waals surface area contributed by atoms with E-state index in [9.17, 15) is 5.11 Å². The molecule has 0 aliphatic rings. The molecule has 1 heterocycles. The molecule has 6 heteroatoms. The summed E-state index contributed by atoms with van der Waals surface area (Å²) in [5.41, 5.74) is -0.681. The van der Waals surface area contributed by atoms with Gasteiger partial charge in [-0.3, -0.25) is 0 Å². The van der Waals surface area contributed by atoms with Crippen LogP contribution in [0.1, 0.15) is 20.3 Å². The van der Waals surface area contributed by atoms with Crippen molar-refractivity contribution in [2.75, 3.05) is 0 Å². The first-order chi connectivity index (χ1) is 5.49. The van der Waals surface area contributed by atoms with Crippen molar-refractivity contribution in [3.63, 3.8) is 0 Å². The average molecular weight is 188 g/mol. The molecular formula is C6H12N4OS. The van der Waals surface area contributed by atoms with E-state index in [1.807, 2.05) is 0 Å². The summed E-state index contributed by atoms with van der Waals surface area (Å²) in [6.07, 6.45) is 0.616. The summed E-state index contributed by atoms with van der Waals surface area (Å²) in [6.45, 7) is 4.11. The Balaban J connectivity index is 2.55. The van der Waals surface area contributed by atoms with E-state index in [1.54, 1.807) is 18.5 Å². The molecule has 0 unspecified atom stereocenters. The molecule has 0 saturated carbocycles. The Kier molecular flexibility index (Phi) is 2.58. The molecule has 0 fully saturated rings. The third-order valence-electron chi connectivity index (χ3n) is 1.48. The zero-order chi connectivity index (χ0) is 9.19. The van der Waals surface area contributed by atoms with Crippen LogP contribution in [-0.4, -0.2) is 30.9 Å². The Morgan fingerprint density at radius 1 is 1.67 bits per heavy atom. The molecule has 0 aliphatic heterocycles. The molecular weight excluding hydrogens is 176 g/mol. The Morgan fingerprint density at radius 2 is 2.33 bits per heavy atom. The molecule has 0 spiro atoms. The van der Waals surface area contributed by atoms with Crippen molar-refractivity contribution in [2.24, 2.45) is 0 Å². The van der Waals surface area contributed by atoms with Crippen LogP contribution in [0.4, 0.5) is 0 Å². The van der Waals surface area contributed by atoms with Crippen molar-refractivity contribution >= 4 is 12.2 Å². The molecule has 0 saturated heterocycles. The number of tetrazole rings is 1. The molecule has 1 rings (SSSR count). The Bertz CT molecular complexity index is 297. The third-order valence-corrected chi connectivity index (χ3v) is 1.78. The summed E-state index contributed by atoms with van der Waals surface area (Å²) in [7, 11) is 0. The number of nitrogens with one attached hydrogen (secondary N) is 1. The van der Waals surface area contributed by atoms with E-state index in [1.165, 1.54) is 0 Å². The average Bonchev–Trinajstić information content (AvgIpc) is 2.29. The quantitative estimate of drug-likeness (QED) is 0.678. The van der Waals surface area contributed by atoms with E-state index in [-0.39, 0.29) is 0 Å². The number of rotatable bonds is 3. The van der Waals surface area contributed by atoms with E-state index in [0.29, 0.717) is 17.7 Å².